The molecule has 0 amide bonds. The van der Waals surface area contributed by atoms with E-state index in [1.807, 2.05) is 0 Å². The van der Waals surface area contributed by atoms with Gasteiger partial charge in [-0.05, 0) is 44.2 Å². The van der Waals surface area contributed by atoms with Crippen LogP contribution in [0, 0.1) is 11.7 Å². The number of rotatable bonds is 5. The monoisotopic (exact) mass is 295 g/mol. The molecule has 6 heteroatoms. The fourth-order valence-corrected chi connectivity index (χ4v) is 2.67. The summed E-state index contributed by atoms with van der Waals surface area (Å²) in [5.41, 5.74) is 6.34. The number of oxime groups is 1. The first-order chi connectivity index (χ1) is 10.1. The average Bonchev–Trinajstić information content (AvgIpc) is 2.50. The Morgan fingerprint density at radius 1 is 1.33 bits per heavy atom. The summed E-state index contributed by atoms with van der Waals surface area (Å²) in [6.45, 7) is 1.27. The van der Waals surface area contributed by atoms with Crippen molar-refractivity contribution in [1.29, 1.82) is 0 Å². The van der Waals surface area contributed by atoms with Crippen LogP contribution in [0.25, 0.3) is 0 Å². The maximum Gasteiger partial charge on any atom is 0.170 e. The van der Waals surface area contributed by atoms with Crippen molar-refractivity contribution in [2.45, 2.75) is 38.3 Å². The van der Waals surface area contributed by atoms with E-state index in [0.29, 0.717) is 23.6 Å². The van der Waals surface area contributed by atoms with Crippen LogP contribution in [0.2, 0.25) is 0 Å². The molecular formula is C15H22FN3O2. The summed E-state index contributed by atoms with van der Waals surface area (Å²) < 4.78 is 13.9. The highest BCUT2D eigenvalue weighted by atomic mass is 19.1. The van der Waals surface area contributed by atoms with Crippen LogP contribution in [-0.4, -0.2) is 28.8 Å². The van der Waals surface area contributed by atoms with Gasteiger partial charge >= 0.3 is 0 Å². The number of aliphatic hydroxyl groups is 1. The molecule has 0 heterocycles. The van der Waals surface area contributed by atoms with Gasteiger partial charge in [0.05, 0.1) is 6.10 Å². The molecule has 1 aliphatic rings. The molecule has 2 rings (SSSR count). The first kappa shape index (κ1) is 15.7. The van der Waals surface area contributed by atoms with Crippen molar-refractivity contribution >= 4 is 5.84 Å². The minimum absolute atomic E-state index is 0.103. The molecule has 0 saturated heterocycles. The van der Waals surface area contributed by atoms with E-state index >= 15 is 0 Å². The van der Waals surface area contributed by atoms with Gasteiger partial charge in [-0.3, -0.25) is 0 Å². The van der Waals surface area contributed by atoms with Gasteiger partial charge in [0.15, 0.2) is 5.84 Å². The summed E-state index contributed by atoms with van der Waals surface area (Å²) in [4.78, 5) is 0. The lowest BCUT2D eigenvalue weighted by Gasteiger charge is -2.25. The SMILES string of the molecule is N/C(=N/O)c1ccc(CNCC2CCC(O)CC2)c(F)c1. The molecule has 116 valence electrons. The normalized spacial score (nSPS) is 23.2. The third-order valence-electron chi connectivity index (χ3n) is 4.02. The number of amidine groups is 1. The quantitative estimate of drug-likeness (QED) is 0.287. The molecule has 1 aliphatic carbocycles. The van der Waals surface area contributed by atoms with Crippen molar-refractivity contribution in [1.82, 2.24) is 5.32 Å². The van der Waals surface area contributed by atoms with Crippen molar-refractivity contribution in [3.8, 4) is 0 Å². The molecule has 0 bridgehead atoms. The summed E-state index contributed by atoms with van der Waals surface area (Å²) in [5.74, 6) is 0.0766. The Morgan fingerprint density at radius 3 is 2.67 bits per heavy atom. The fraction of sp³-hybridized carbons (Fsp3) is 0.533. The Hall–Kier alpha value is -1.66. The lowest BCUT2D eigenvalue weighted by Crippen LogP contribution is -2.28. The Bertz CT molecular complexity index is 500. The molecule has 1 fully saturated rings. The number of aliphatic hydroxyl groups excluding tert-OH is 1. The van der Waals surface area contributed by atoms with Gasteiger partial charge in [0, 0.05) is 17.7 Å². The molecule has 5 nitrogen and oxygen atoms in total. The number of nitrogens with two attached hydrogens (primary N) is 1. The minimum Gasteiger partial charge on any atom is -0.409 e. The van der Waals surface area contributed by atoms with Crippen LogP contribution in [-0.2, 0) is 6.54 Å². The van der Waals surface area contributed by atoms with Gasteiger partial charge in [-0.2, -0.15) is 0 Å². The summed E-state index contributed by atoms with van der Waals surface area (Å²) in [6, 6.07) is 4.54. The molecule has 0 spiro atoms. The molecule has 0 unspecified atom stereocenters. The van der Waals surface area contributed by atoms with E-state index in [1.54, 1.807) is 12.1 Å². The number of hydrogen-bond acceptors (Lipinski definition) is 4. The summed E-state index contributed by atoms with van der Waals surface area (Å²) in [6.07, 6.45) is 3.59. The second-order valence-corrected chi connectivity index (χ2v) is 5.60. The van der Waals surface area contributed by atoms with Crippen LogP contribution in [0.1, 0.15) is 36.8 Å². The zero-order chi connectivity index (χ0) is 15.2. The highest BCUT2D eigenvalue weighted by Crippen LogP contribution is 2.23. The van der Waals surface area contributed by atoms with Crippen molar-refractivity contribution < 1.29 is 14.7 Å². The van der Waals surface area contributed by atoms with E-state index in [2.05, 4.69) is 10.5 Å². The van der Waals surface area contributed by atoms with E-state index in [4.69, 9.17) is 10.9 Å². The first-order valence-corrected chi connectivity index (χ1v) is 7.25. The Balaban J connectivity index is 1.83. The molecular weight excluding hydrogens is 273 g/mol. The fourth-order valence-electron chi connectivity index (χ4n) is 2.67. The largest absolute Gasteiger partial charge is 0.409 e. The van der Waals surface area contributed by atoms with E-state index in [9.17, 15) is 9.50 Å². The summed E-state index contributed by atoms with van der Waals surface area (Å²) in [7, 11) is 0. The summed E-state index contributed by atoms with van der Waals surface area (Å²) >= 11 is 0. The number of benzene rings is 1. The number of halogens is 1. The number of nitrogens with zero attached hydrogens (tertiary/aromatic N) is 1. The van der Waals surface area contributed by atoms with Gasteiger partial charge in [-0.25, -0.2) is 4.39 Å². The molecule has 5 N–H and O–H groups in total. The van der Waals surface area contributed by atoms with Crippen LogP contribution in [0.15, 0.2) is 23.4 Å². The molecule has 0 atom stereocenters. The van der Waals surface area contributed by atoms with Gasteiger partial charge in [0.25, 0.3) is 0 Å². The average molecular weight is 295 g/mol. The molecule has 1 aromatic rings. The van der Waals surface area contributed by atoms with Crippen molar-refractivity contribution in [2.75, 3.05) is 6.54 Å². The Kier molecular flexibility index (Phi) is 5.52. The Morgan fingerprint density at radius 2 is 2.05 bits per heavy atom. The van der Waals surface area contributed by atoms with Crippen LogP contribution in [0.3, 0.4) is 0 Å². The lowest BCUT2D eigenvalue weighted by molar-refractivity contribution is 0.108. The third kappa shape index (κ3) is 4.41. The van der Waals surface area contributed by atoms with Crippen molar-refractivity contribution in [3.63, 3.8) is 0 Å². The van der Waals surface area contributed by atoms with Crippen molar-refractivity contribution in [2.24, 2.45) is 16.8 Å². The first-order valence-electron chi connectivity index (χ1n) is 7.25. The maximum atomic E-state index is 13.9. The smallest absolute Gasteiger partial charge is 0.170 e. The number of nitrogens with one attached hydrogen (secondary N) is 1. The molecule has 1 aromatic carbocycles. The molecule has 0 aliphatic heterocycles. The predicted octanol–water partition coefficient (Wildman–Crippen LogP) is 1.56. The van der Waals surface area contributed by atoms with Gasteiger partial charge in [0.2, 0.25) is 0 Å². The zero-order valence-electron chi connectivity index (χ0n) is 11.9. The van der Waals surface area contributed by atoms with Crippen LogP contribution < -0.4 is 11.1 Å². The standard InChI is InChI=1S/C15H22FN3O2/c16-14-7-11(15(17)19-21)3-4-12(14)9-18-8-10-1-5-13(20)6-2-10/h3-4,7,10,13,18,20-21H,1-2,5-6,8-9H2,(H2,17,19). The zero-order valence-corrected chi connectivity index (χ0v) is 11.9. The van der Waals surface area contributed by atoms with Crippen LogP contribution in [0.4, 0.5) is 4.39 Å². The second kappa shape index (κ2) is 7.38. The second-order valence-electron chi connectivity index (χ2n) is 5.60. The minimum atomic E-state index is -0.370. The highest BCUT2D eigenvalue weighted by Gasteiger charge is 2.18. The van der Waals surface area contributed by atoms with E-state index in [0.717, 1.165) is 32.2 Å². The van der Waals surface area contributed by atoms with Gasteiger partial charge in [-0.15, -0.1) is 0 Å². The molecule has 0 aromatic heterocycles. The van der Waals surface area contributed by atoms with E-state index < -0.39 is 0 Å². The van der Waals surface area contributed by atoms with Gasteiger partial charge in [0.1, 0.15) is 5.82 Å². The predicted molar refractivity (Wildman–Crippen MR) is 78.6 cm³/mol. The third-order valence-corrected chi connectivity index (χ3v) is 4.02. The van der Waals surface area contributed by atoms with E-state index in [-0.39, 0.29) is 17.8 Å². The molecule has 0 radical (unpaired) electrons. The molecule has 1 saturated carbocycles. The van der Waals surface area contributed by atoms with E-state index in [1.165, 1.54) is 6.07 Å². The molecule has 21 heavy (non-hydrogen) atoms. The van der Waals surface area contributed by atoms with Gasteiger partial charge < -0.3 is 21.4 Å². The highest BCUT2D eigenvalue weighted by molar-refractivity contribution is 5.97. The Labute approximate surface area is 123 Å². The lowest BCUT2D eigenvalue weighted by atomic mass is 9.87. The van der Waals surface area contributed by atoms with Crippen molar-refractivity contribution in [3.05, 3.63) is 35.1 Å². The van der Waals surface area contributed by atoms with Gasteiger partial charge in [-0.1, -0.05) is 17.3 Å². The topological polar surface area (TPSA) is 90.9 Å². The van der Waals surface area contributed by atoms with Crippen LogP contribution in [0.5, 0.6) is 0 Å². The maximum absolute atomic E-state index is 13.9. The van der Waals surface area contributed by atoms with Crippen LogP contribution >= 0.6 is 0 Å². The summed E-state index contributed by atoms with van der Waals surface area (Å²) in [5, 5.41) is 24.1. The number of hydrogen-bond donors (Lipinski definition) is 4.